The van der Waals surface area contributed by atoms with Gasteiger partial charge in [-0.2, -0.15) is 5.10 Å². The van der Waals surface area contributed by atoms with E-state index in [0.29, 0.717) is 22.3 Å². The van der Waals surface area contributed by atoms with Crippen LogP contribution in [0.5, 0.6) is 5.75 Å². The lowest BCUT2D eigenvalue weighted by Crippen LogP contribution is -2.67. The lowest BCUT2D eigenvalue weighted by Gasteiger charge is -2.47. The second kappa shape index (κ2) is 16.4. The third kappa shape index (κ3) is 9.07. The summed E-state index contributed by atoms with van der Waals surface area (Å²) in [6, 6.07) is 14.0. The fraction of sp³-hybridized carbons (Fsp3) is 0.342. The molecule has 1 saturated heterocycles. The molecule has 0 radical (unpaired) electrons. The number of aromatic hydroxyl groups is 1. The molecular formula is C38H43N5O10. The van der Waals surface area contributed by atoms with E-state index in [0.717, 1.165) is 16.5 Å². The van der Waals surface area contributed by atoms with Crippen molar-refractivity contribution < 1.29 is 49.4 Å². The molecule has 6 atom stereocenters. The van der Waals surface area contributed by atoms with Crippen molar-refractivity contribution >= 4 is 40.7 Å². The summed E-state index contributed by atoms with van der Waals surface area (Å²) in [7, 11) is 0. The van der Waals surface area contributed by atoms with Gasteiger partial charge < -0.3 is 46.2 Å². The van der Waals surface area contributed by atoms with Gasteiger partial charge in [0.15, 0.2) is 5.60 Å². The fourth-order valence-corrected chi connectivity index (χ4v) is 6.40. The number of rotatable bonds is 13. The zero-order valence-corrected chi connectivity index (χ0v) is 29.4. The number of ether oxygens (including phenoxy) is 1. The van der Waals surface area contributed by atoms with E-state index in [-0.39, 0.29) is 30.2 Å². The van der Waals surface area contributed by atoms with Crippen LogP contribution in [-0.2, 0) is 20.9 Å². The van der Waals surface area contributed by atoms with Gasteiger partial charge in [-0.1, -0.05) is 36.4 Å². The summed E-state index contributed by atoms with van der Waals surface area (Å²) in [4.78, 5) is 50.4. The van der Waals surface area contributed by atoms with Crippen LogP contribution >= 0.6 is 0 Å². The molecule has 5 rings (SSSR count). The van der Waals surface area contributed by atoms with Crippen LogP contribution in [0.4, 0.5) is 0 Å². The minimum absolute atomic E-state index is 0.0425. The lowest BCUT2D eigenvalue weighted by molar-refractivity contribution is -0.226. The van der Waals surface area contributed by atoms with Crippen LogP contribution in [0.15, 0.2) is 66.9 Å². The largest absolute Gasteiger partial charge is 0.507 e. The molecule has 9 N–H and O–H groups in total. The first kappa shape index (κ1) is 38.6. The highest BCUT2D eigenvalue weighted by Crippen LogP contribution is 2.35. The van der Waals surface area contributed by atoms with Crippen LogP contribution in [0.2, 0.25) is 0 Å². The van der Waals surface area contributed by atoms with Crippen LogP contribution in [0, 0.1) is 13.8 Å². The monoisotopic (exact) mass is 729 g/mol. The minimum Gasteiger partial charge on any atom is -0.507 e. The maximum atomic E-state index is 12.8. The van der Waals surface area contributed by atoms with E-state index in [1.807, 2.05) is 12.1 Å². The Bertz CT molecular complexity index is 2010. The average Bonchev–Trinajstić information content (AvgIpc) is 3.60. The SMILES string of the molecule is CC(=O)N[C@H]1[C@H]([C@H](O)[C@H](O)CNC(=O)c2cc(C)c(O)c(C)c2)O[C@@](C/C=C/c2cccc(CNC(=O)c3ccc4cn[nH]c4c3)c2)(C(=O)O)C[C@@H]1O. The zero-order chi connectivity index (χ0) is 38.4. The molecule has 280 valence electrons. The van der Waals surface area contributed by atoms with E-state index >= 15 is 0 Å². The number of aromatic amines is 1. The van der Waals surface area contributed by atoms with E-state index in [1.165, 1.54) is 19.1 Å². The Kier molecular flexibility index (Phi) is 11.9. The van der Waals surface area contributed by atoms with Gasteiger partial charge in [0.25, 0.3) is 11.8 Å². The summed E-state index contributed by atoms with van der Waals surface area (Å²) in [5.41, 5.74) is 1.74. The van der Waals surface area contributed by atoms with E-state index < -0.39 is 66.8 Å². The number of carboxylic acid groups (broad SMARTS) is 1. The predicted molar refractivity (Wildman–Crippen MR) is 193 cm³/mol. The number of amides is 3. The first-order chi connectivity index (χ1) is 25.2. The average molecular weight is 730 g/mol. The molecule has 15 nitrogen and oxygen atoms in total. The number of H-pyrrole nitrogens is 1. The highest BCUT2D eigenvalue weighted by Gasteiger charge is 2.54. The van der Waals surface area contributed by atoms with Gasteiger partial charge in [-0.05, 0) is 66.4 Å². The van der Waals surface area contributed by atoms with Crippen molar-refractivity contribution in [1.82, 2.24) is 26.1 Å². The van der Waals surface area contributed by atoms with Gasteiger partial charge in [0.1, 0.15) is 18.0 Å². The Labute approximate surface area is 304 Å². The summed E-state index contributed by atoms with van der Waals surface area (Å²) >= 11 is 0. The van der Waals surface area contributed by atoms with Gasteiger partial charge in [-0.15, -0.1) is 0 Å². The molecule has 0 bridgehead atoms. The number of carbonyl (C=O) groups is 4. The summed E-state index contributed by atoms with van der Waals surface area (Å²) < 4.78 is 6.00. The third-order valence-corrected chi connectivity index (χ3v) is 9.25. The number of aliphatic carboxylic acids is 1. The normalized spacial score (nSPS) is 21.2. The van der Waals surface area contributed by atoms with Gasteiger partial charge in [-0.25, -0.2) is 4.79 Å². The Balaban J connectivity index is 1.26. The number of fused-ring (bicyclic) bond motifs is 1. The van der Waals surface area contributed by atoms with Crippen molar-refractivity contribution in [3.63, 3.8) is 0 Å². The highest BCUT2D eigenvalue weighted by molar-refractivity contribution is 5.97. The lowest BCUT2D eigenvalue weighted by atomic mass is 9.81. The molecule has 2 heterocycles. The second-order valence-electron chi connectivity index (χ2n) is 13.3. The maximum Gasteiger partial charge on any atom is 0.336 e. The van der Waals surface area contributed by atoms with E-state index in [9.17, 15) is 44.7 Å². The fourth-order valence-electron chi connectivity index (χ4n) is 6.40. The molecule has 53 heavy (non-hydrogen) atoms. The number of aryl methyl sites for hydroxylation is 2. The number of hydrogen-bond donors (Lipinski definition) is 9. The second-order valence-corrected chi connectivity index (χ2v) is 13.3. The van der Waals surface area contributed by atoms with Crippen LogP contribution in [-0.4, -0.2) is 102 Å². The van der Waals surface area contributed by atoms with E-state index in [2.05, 4.69) is 26.1 Å². The molecule has 0 spiro atoms. The van der Waals surface area contributed by atoms with Crippen molar-refractivity contribution in [3.8, 4) is 5.75 Å². The molecule has 1 aliphatic rings. The smallest absolute Gasteiger partial charge is 0.336 e. The topological polar surface area (TPSA) is 243 Å². The standard InChI is InChI=1S/C38H43N5O10/c1-20-12-27(13-21(2)32(20)47)36(50)40-19-30(46)33(48)34-31(42-22(3)44)29(45)16-38(53-34,37(51)52)11-5-8-23-6-4-7-24(14-23)17-39-35(49)25-9-10-26-18-41-43-28(26)15-25/h4-10,12-15,18,29-31,33-34,45-48H,11,16-17,19H2,1-3H3,(H,39,49)(H,40,50)(H,41,43)(H,42,44)(H,51,52)/b8-5+/t29-,30+,31+,33+,34+,38+/m0/s1. The highest BCUT2D eigenvalue weighted by atomic mass is 16.6. The number of carbonyl (C=O) groups excluding carboxylic acids is 3. The Hall–Kier alpha value is -5.61. The van der Waals surface area contributed by atoms with Crippen molar-refractivity contribution in [2.45, 2.75) is 76.2 Å². The Morgan fingerprint density at radius 1 is 1.02 bits per heavy atom. The molecule has 3 aromatic carbocycles. The molecule has 1 fully saturated rings. The number of hydrogen-bond acceptors (Lipinski definition) is 10. The first-order valence-corrected chi connectivity index (χ1v) is 16.9. The summed E-state index contributed by atoms with van der Waals surface area (Å²) in [5.74, 6) is -2.86. The van der Waals surface area contributed by atoms with Gasteiger partial charge in [0, 0.05) is 49.4 Å². The Morgan fingerprint density at radius 3 is 2.43 bits per heavy atom. The number of aliphatic hydroxyl groups is 3. The molecule has 1 aromatic heterocycles. The number of nitrogens with zero attached hydrogens (tertiary/aromatic N) is 1. The number of aromatic nitrogens is 2. The molecule has 4 aromatic rings. The number of phenolic OH excluding ortho intramolecular Hbond substituents is 1. The number of aliphatic hydroxyl groups excluding tert-OH is 3. The number of carboxylic acids is 1. The number of nitrogens with one attached hydrogen (secondary N) is 4. The predicted octanol–water partition coefficient (Wildman–Crippen LogP) is 1.85. The summed E-state index contributed by atoms with van der Waals surface area (Å²) in [5, 5.41) is 69.2. The molecular weight excluding hydrogens is 686 g/mol. The molecule has 3 amide bonds. The molecule has 0 unspecified atom stereocenters. The van der Waals surface area contributed by atoms with Crippen LogP contribution in [0.1, 0.15) is 62.7 Å². The van der Waals surface area contributed by atoms with Crippen LogP contribution < -0.4 is 16.0 Å². The van der Waals surface area contributed by atoms with Gasteiger partial charge in [-0.3, -0.25) is 19.5 Å². The number of phenols is 1. The van der Waals surface area contributed by atoms with E-state index in [1.54, 1.807) is 62.5 Å². The number of benzene rings is 3. The quantitative estimate of drug-likeness (QED) is 0.0962. The Morgan fingerprint density at radius 2 is 1.74 bits per heavy atom. The van der Waals surface area contributed by atoms with Crippen molar-refractivity contribution in [3.05, 3.63) is 100 Å². The van der Waals surface area contributed by atoms with Crippen LogP contribution in [0.25, 0.3) is 17.0 Å². The van der Waals surface area contributed by atoms with E-state index in [4.69, 9.17) is 4.74 Å². The maximum absolute atomic E-state index is 12.8. The molecule has 0 aliphatic carbocycles. The van der Waals surface area contributed by atoms with Gasteiger partial charge >= 0.3 is 5.97 Å². The molecule has 1 aliphatic heterocycles. The zero-order valence-electron chi connectivity index (χ0n) is 29.4. The summed E-state index contributed by atoms with van der Waals surface area (Å²) in [6.07, 6.45) is -2.52. The van der Waals surface area contributed by atoms with Crippen molar-refractivity contribution in [2.24, 2.45) is 0 Å². The van der Waals surface area contributed by atoms with Gasteiger partial charge in [0.2, 0.25) is 5.91 Å². The van der Waals surface area contributed by atoms with Crippen LogP contribution in [0.3, 0.4) is 0 Å². The molecule has 15 heteroatoms. The van der Waals surface area contributed by atoms with Crippen molar-refractivity contribution in [2.75, 3.05) is 6.54 Å². The summed E-state index contributed by atoms with van der Waals surface area (Å²) in [6.45, 7) is 4.16. The minimum atomic E-state index is -2.07. The van der Waals surface area contributed by atoms with Crippen molar-refractivity contribution in [1.29, 1.82) is 0 Å². The molecule has 0 saturated carbocycles. The van der Waals surface area contributed by atoms with Gasteiger partial charge in [0.05, 0.1) is 30.0 Å². The first-order valence-electron chi connectivity index (χ1n) is 16.9. The third-order valence-electron chi connectivity index (χ3n) is 9.25.